The number of hydrogen-bond donors (Lipinski definition) is 0. The molecule has 2 aromatic heterocycles. The molecule has 0 fully saturated rings. The Morgan fingerprint density at radius 1 is 0.301 bits per heavy atom. The molecule has 7 nitrogen and oxygen atoms in total. The fraction of sp³-hybridized carbons (Fsp3) is 0.0690. The van der Waals surface area contributed by atoms with Crippen molar-refractivity contribution < 1.29 is 8.83 Å². The molecular formula is C116H89N5O2. The highest BCUT2D eigenvalue weighted by Gasteiger charge is 2.34. The third-order valence-electron chi connectivity index (χ3n) is 24.9. The highest BCUT2D eigenvalue weighted by atomic mass is 16.3. The maximum Gasteiger partial charge on any atom is 0.143 e. The SMILES string of the molecule is CC1CC(c2ccc(N(c3ccc(-c4cccc5c4oc4ccccc45)cc3)c3cccc(-c4cccc5c4oc4ccccc45)c3)cc2)=CC=C1C1(C)C=CC(c2ccc(N(C3=CCC(N(c4ccc(-c5ccccc5)cc4)c4ccc(N(c5ccccc5)c5ccccc5)cc4)C=C3)c3ccc(N(c4ccccc4)c4ccccc4)cc3)cc2)=CC1. The molecule has 0 saturated carbocycles. The van der Waals surface area contributed by atoms with Gasteiger partial charge in [-0.05, 0) is 246 Å². The summed E-state index contributed by atoms with van der Waals surface area (Å²) in [5.74, 6) is 0.323. The minimum atomic E-state index is -0.151. The van der Waals surface area contributed by atoms with E-state index in [2.05, 4.69) is 475 Å². The van der Waals surface area contributed by atoms with Crippen LogP contribution in [0, 0.1) is 11.3 Å². The van der Waals surface area contributed by atoms with Crippen LogP contribution >= 0.6 is 0 Å². The Bertz CT molecular complexity index is 6990. The van der Waals surface area contributed by atoms with Gasteiger partial charge in [-0.1, -0.05) is 299 Å². The zero-order valence-electron chi connectivity index (χ0n) is 68.6. The van der Waals surface area contributed by atoms with E-state index < -0.39 is 0 Å². The lowest BCUT2D eigenvalue weighted by atomic mass is 9.68. The molecule has 0 N–H and O–H groups in total. The first kappa shape index (κ1) is 75.1. The molecule has 3 unspecified atom stereocenters. The summed E-state index contributed by atoms with van der Waals surface area (Å²) < 4.78 is 13.2. The topological polar surface area (TPSA) is 42.5 Å². The summed E-state index contributed by atoms with van der Waals surface area (Å²) in [6, 6.07) is 146. The second-order valence-corrected chi connectivity index (χ2v) is 32.6. The van der Waals surface area contributed by atoms with Gasteiger partial charge in [0.2, 0.25) is 0 Å². The van der Waals surface area contributed by atoms with E-state index in [9.17, 15) is 0 Å². The van der Waals surface area contributed by atoms with Crippen LogP contribution in [-0.4, -0.2) is 6.04 Å². The van der Waals surface area contributed by atoms with Crippen molar-refractivity contribution in [3.05, 3.63) is 477 Å². The van der Waals surface area contributed by atoms with Crippen molar-refractivity contribution in [1.82, 2.24) is 0 Å². The van der Waals surface area contributed by atoms with Crippen molar-refractivity contribution in [2.24, 2.45) is 11.3 Å². The van der Waals surface area contributed by atoms with Crippen molar-refractivity contribution in [1.29, 1.82) is 0 Å². The van der Waals surface area contributed by atoms with Crippen LogP contribution < -0.4 is 24.5 Å². The highest BCUT2D eigenvalue weighted by molar-refractivity contribution is 6.11. The van der Waals surface area contributed by atoms with Gasteiger partial charge in [0.05, 0.1) is 6.04 Å². The minimum absolute atomic E-state index is 0.000791. The van der Waals surface area contributed by atoms with Gasteiger partial charge in [0.1, 0.15) is 22.3 Å². The minimum Gasteiger partial charge on any atom is -0.455 e. The van der Waals surface area contributed by atoms with Crippen molar-refractivity contribution in [2.75, 3.05) is 24.5 Å². The predicted octanol–water partition coefficient (Wildman–Crippen LogP) is 32.5. The molecule has 0 bridgehead atoms. The number of hydrogen-bond acceptors (Lipinski definition) is 7. The van der Waals surface area contributed by atoms with Crippen LogP contribution in [0.1, 0.15) is 44.2 Å². The van der Waals surface area contributed by atoms with E-state index in [0.29, 0.717) is 5.92 Å². The van der Waals surface area contributed by atoms with Gasteiger partial charge in [0.25, 0.3) is 0 Å². The third-order valence-corrected chi connectivity index (χ3v) is 24.9. The number of para-hydroxylation sites is 8. The van der Waals surface area contributed by atoms with Gasteiger partial charge < -0.3 is 33.3 Å². The third kappa shape index (κ3) is 14.7. The first-order valence-corrected chi connectivity index (χ1v) is 42.7. The summed E-state index contributed by atoms with van der Waals surface area (Å²) >= 11 is 0. The Labute approximate surface area is 718 Å². The van der Waals surface area contributed by atoms with Gasteiger partial charge in [0, 0.05) is 118 Å². The summed E-state index contributed by atoms with van der Waals surface area (Å²) in [5.41, 5.74) is 31.7. The molecule has 0 aliphatic heterocycles. The summed E-state index contributed by atoms with van der Waals surface area (Å²) in [6.07, 6.45) is 21.8. The number of furan rings is 2. The Morgan fingerprint density at radius 2 is 0.675 bits per heavy atom. The van der Waals surface area contributed by atoms with E-state index in [0.717, 1.165) is 165 Å². The molecule has 3 aliphatic carbocycles. The molecule has 0 radical (unpaired) electrons. The van der Waals surface area contributed by atoms with E-state index in [-0.39, 0.29) is 11.5 Å². The van der Waals surface area contributed by atoms with Crippen molar-refractivity contribution >= 4 is 129 Å². The average molecular weight is 1590 g/mol. The van der Waals surface area contributed by atoms with Crippen LogP contribution in [0.2, 0.25) is 0 Å². The number of rotatable bonds is 21. The second kappa shape index (κ2) is 32.7. The first-order chi connectivity index (χ1) is 60.7. The molecule has 18 aromatic rings. The van der Waals surface area contributed by atoms with Gasteiger partial charge >= 0.3 is 0 Å². The maximum atomic E-state index is 6.62. The Kier molecular flexibility index (Phi) is 20.0. The monoisotopic (exact) mass is 1580 g/mol. The van der Waals surface area contributed by atoms with Crippen molar-refractivity contribution in [3.63, 3.8) is 0 Å². The maximum absolute atomic E-state index is 6.62. The fourth-order valence-electron chi connectivity index (χ4n) is 18.7. The quantitative estimate of drug-likeness (QED) is 0.0710. The van der Waals surface area contributed by atoms with Crippen LogP contribution in [0.5, 0.6) is 0 Å². The predicted molar refractivity (Wildman–Crippen MR) is 517 cm³/mol. The molecule has 0 spiro atoms. The van der Waals surface area contributed by atoms with Gasteiger partial charge in [-0.25, -0.2) is 0 Å². The molecule has 3 aliphatic rings. The molecule has 123 heavy (non-hydrogen) atoms. The molecular weight excluding hydrogens is 1500 g/mol. The van der Waals surface area contributed by atoms with Gasteiger partial charge in [0.15, 0.2) is 0 Å². The largest absolute Gasteiger partial charge is 0.455 e. The van der Waals surface area contributed by atoms with Crippen LogP contribution in [0.15, 0.2) is 475 Å². The second-order valence-electron chi connectivity index (χ2n) is 32.6. The Hall–Kier alpha value is -15.4. The number of anilines is 13. The highest BCUT2D eigenvalue weighted by Crippen LogP contribution is 2.50. The van der Waals surface area contributed by atoms with Gasteiger partial charge in [-0.15, -0.1) is 0 Å². The molecule has 590 valence electrons. The number of allylic oxidation sites excluding steroid dienone is 9. The molecule has 21 rings (SSSR count). The van der Waals surface area contributed by atoms with E-state index in [4.69, 9.17) is 8.83 Å². The molecule has 7 heteroatoms. The van der Waals surface area contributed by atoms with Crippen molar-refractivity contribution in [2.45, 2.75) is 39.2 Å². The first-order valence-electron chi connectivity index (χ1n) is 42.7. The molecule has 0 saturated heterocycles. The van der Waals surface area contributed by atoms with E-state index in [1.807, 2.05) is 18.2 Å². The fourth-order valence-corrected chi connectivity index (χ4v) is 18.7. The standard InChI is InChI=1S/C116H89N5O2/c1-81-79-88(85-49-58-96(59-50-85)121(97-60-51-87(52-61-97)105-39-23-41-109-107-37-18-20-43-112(107)122-114(105)109)104-36-22-27-89(80-104)106-40-24-42-110-108-38-19-21-44-113(108)123-115(106)110)53-74-111(81)116(2)77-75-86(76-78-116)84-47-56-95(57-48-84)120(101-68-64-99(65-69-101)118(92-32-14-6-15-33-92)93-34-16-7-17-35-93)103-72-70-102(71-73-103)119(94-54-45-83(46-55-94)82-25-8-3-9-26-82)100-66-62-98(63-67-100)117(90-28-10-4-11-29-90)91-30-12-5-13-31-91/h3-70,72-77,80-81,102H,71,78-79H2,1-2H3. The van der Waals surface area contributed by atoms with E-state index in [1.165, 1.54) is 39.0 Å². The zero-order valence-corrected chi connectivity index (χ0v) is 68.6. The van der Waals surface area contributed by atoms with E-state index in [1.54, 1.807) is 0 Å². The summed E-state index contributed by atoms with van der Waals surface area (Å²) in [4.78, 5) is 11.9. The smallest absolute Gasteiger partial charge is 0.143 e. The average Bonchev–Trinajstić information content (AvgIpc) is 1.22. The lowest BCUT2D eigenvalue weighted by molar-refractivity contribution is 0.449. The van der Waals surface area contributed by atoms with Gasteiger partial charge in [-0.2, -0.15) is 0 Å². The van der Waals surface area contributed by atoms with E-state index >= 15 is 0 Å². The lowest BCUT2D eigenvalue weighted by Gasteiger charge is -2.37. The summed E-state index contributed by atoms with van der Waals surface area (Å²) in [6.45, 7) is 4.83. The van der Waals surface area contributed by atoms with Crippen LogP contribution in [0.4, 0.5) is 73.9 Å². The molecule has 16 aromatic carbocycles. The molecule has 3 atom stereocenters. The number of nitrogens with zero attached hydrogens (tertiary/aromatic N) is 5. The molecule has 0 amide bonds. The number of benzene rings is 16. The zero-order chi connectivity index (χ0) is 82.2. The molecule has 2 heterocycles. The lowest BCUT2D eigenvalue weighted by Crippen LogP contribution is -2.31. The van der Waals surface area contributed by atoms with Crippen LogP contribution in [-0.2, 0) is 0 Å². The normalized spacial score (nSPS) is 15.6. The Morgan fingerprint density at radius 3 is 1.15 bits per heavy atom. The van der Waals surface area contributed by atoms with Crippen LogP contribution in [0.3, 0.4) is 0 Å². The van der Waals surface area contributed by atoms with Crippen LogP contribution in [0.25, 0.3) is 88.4 Å². The van der Waals surface area contributed by atoms with Gasteiger partial charge in [-0.3, -0.25) is 0 Å². The van der Waals surface area contributed by atoms with Crippen molar-refractivity contribution in [3.8, 4) is 33.4 Å². The Balaban J connectivity index is 0.563. The number of fused-ring (bicyclic) bond motifs is 6. The summed E-state index contributed by atoms with van der Waals surface area (Å²) in [7, 11) is 0. The summed E-state index contributed by atoms with van der Waals surface area (Å²) in [5, 5.41) is 4.46.